The molecule has 0 radical (unpaired) electrons. The Morgan fingerprint density at radius 3 is 2.94 bits per heavy atom. The molecule has 2 aromatic rings. The van der Waals surface area contributed by atoms with Gasteiger partial charge in [-0.2, -0.15) is 9.97 Å². The molecule has 0 saturated heterocycles. The van der Waals surface area contributed by atoms with Crippen LogP contribution in [-0.2, 0) is 7.05 Å². The van der Waals surface area contributed by atoms with Gasteiger partial charge in [0, 0.05) is 13.1 Å². The van der Waals surface area contributed by atoms with E-state index >= 15 is 0 Å². The fourth-order valence-corrected chi connectivity index (χ4v) is 1.63. The number of nitrogens with zero attached hydrogens (tertiary/aromatic N) is 4. The summed E-state index contributed by atoms with van der Waals surface area (Å²) in [4.78, 5) is 12.4. The quantitative estimate of drug-likeness (QED) is 0.835. The van der Waals surface area contributed by atoms with Crippen molar-refractivity contribution in [3.05, 3.63) is 11.6 Å². The fraction of sp³-hybridized carbons (Fsp3) is 0.500. The van der Waals surface area contributed by atoms with Gasteiger partial charge in [-0.25, -0.2) is 4.98 Å². The lowest BCUT2D eigenvalue weighted by molar-refractivity contribution is 0.758. The average molecular weight is 240 g/mol. The Labute approximate surface area is 98.9 Å². The number of aryl methyl sites for hydroxylation is 1. The molecule has 2 aromatic heterocycles. The summed E-state index contributed by atoms with van der Waals surface area (Å²) in [5.74, 6) is 0.740. The molecule has 16 heavy (non-hydrogen) atoms. The van der Waals surface area contributed by atoms with Crippen molar-refractivity contribution < 1.29 is 0 Å². The number of aromatic nitrogens is 4. The van der Waals surface area contributed by atoms with Gasteiger partial charge in [-0.15, -0.1) is 0 Å². The number of hydrogen-bond donors (Lipinski definition) is 1. The van der Waals surface area contributed by atoms with Crippen molar-refractivity contribution in [2.45, 2.75) is 26.3 Å². The van der Waals surface area contributed by atoms with E-state index in [1.54, 1.807) is 6.33 Å². The Hall–Kier alpha value is -1.36. The van der Waals surface area contributed by atoms with Gasteiger partial charge in [0.25, 0.3) is 0 Å². The van der Waals surface area contributed by atoms with E-state index < -0.39 is 0 Å². The molecule has 1 N–H and O–H groups in total. The zero-order valence-electron chi connectivity index (χ0n) is 9.53. The van der Waals surface area contributed by atoms with E-state index in [-0.39, 0.29) is 5.28 Å². The van der Waals surface area contributed by atoms with Crippen LogP contribution >= 0.6 is 11.6 Å². The molecule has 0 bridgehead atoms. The number of rotatable bonds is 3. The van der Waals surface area contributed by atoms with Gasteiger partial charge in [-0.3, -0.25) is 0 Å². The van der Waals surface area contributed by atoms with Gasteiger partial charge in [0.1, 0.15) is 5.52 Å². The number of nitrogens with one attached hydrogen (secondary N) is 1. The highest BCUT2D eigenvalue weighted by Gasteiger charge is 2.12. The maximum atomic E-state index is 5.85. The molecular weight excluding hydrogens is 226 g/mol. The van der Waals surface area contributed by atoms with Crippen molar-refractivity contribution >= 4 is 28.6 Å². The van der Waals surface area contributed by atoms with Crippen LogP contribution in [0.15, 0.2) is 6.33 Å². The summed E-state index contributed by atoms with van der Waals surface area (Å²) in [5, 5.41) is 3.53. The first-order chi connectivity index (χ1) is 7.61. The van der Waals surface area contributed by atoms with E-state index in [0.717, 1.165) is 17.8 Å². The molecule has 0 fully saturated rings. The van der Waals surface area contributed by atoms with Crippen molar-refractivity contribution in [3.63, 3.8) is 0 Å². The second-order valence-corrected chi connectivity index (χ2v) is 4.16. The van der Waals surface area contributed by atoms with Crippen LogP contribution in [0.4, 0.5) is 5.82 Å². The maximum Gasteiger partial charge on any atom is 0.226 e. The Bertz CT molecular complexity index is 507. The molecule has 6 heteroatoms. The van der Waals surface area contributed by atoms with Gasteiger partial charge in [0.15, 0.2) is 11.5 Å². The number of anilines is 1. The van der Waals surface area contributed by atoms with Crippen LogP contribution in [0.1, 0.15) is 20.3 Å². The third-order valence-electron chi connectivity index (χ3n) is 2.54. The summed E-state index contributed by atoms with van der Waals surface area (Å²) in [6.45, 7) is 4.21. The van der Waals surface area contributed by atoms with Gasteiger partial charge in [-0.05, 0) is 24.9 Å². The summed E-state index contributed by atoms with van der Waals surface area (Å²) < 4.78 is 1.89. The fourth-order valence-electron chi connectivity index (χ4n) is 1.47. The SMILES string of the molecule is CCC(C)Nc1nc(Cl)nc2ncn(C)c12. The number of halogens is 1. The third-order valence-corrected chi connectivity index (χ3v) is 2.71. The highest BCUT2D eigenvalue weighted by molar-refractivity contribution is 6.28. The molecule has 0 saturated carbocycles. The van der Waals surface area contributed by atoms with E-state index in [1.807, 2.05) is 11.6 Å². The summed E-state index contributed by atoms with van der Waals surface area (Å²) in [6.07, 6.45) is 2.72. The summed E-state index contributed by atoms with van der Waals surface area (Å²) >= 11 is 5.85. The standard InChI is InChI=1S/C10H14ClN5/c1-4-6(2)13-9-7-8(12-5-16(7)3)14-10(11)15-9/h5-6H,4H2,1-3H3,(H,13,14,15). The second kappa shape index (κ2) is 4.25. The van der Waals surface area contributed by atoms with Crippen molar-refractivity contribution in [2.75, 3.05) is 5.32 Å². The van der Waals surface area contributed by atoms with Crippen LogP contribution < -0.4 is 5.32 Å². The highest BCUT2D eigenvalue weighted by Crippen LogP contribution is 2.21. The van der Waals surface area contributed by atoms with E-state index in [0.29, 0.717) is 11.7 Å². The molecule has 2 rings (SSSR count). The maximum absolute atomic E-state index is 5.85. The van der Waals surface area contributed by atoms with Crippen molar-refractivity contribution in [1.82, 2.24) is 19.5 Å². The molecule has 0 aliphatic heterocycles. The minimum Gasteiger partial charge on any atom is -0.366 e. The molecule has 0 aromatic carbocycles. The Kier molecular flexibility index (Phi) is 2.96. The topological polar surface area (TPSA) is 55.6 Å². The summed E-state index contributed by atoms with van der Waals surface area (Å²) in [7, 11) is 1.91. The first-order valence-electron chi connectivity index (χ1n) is 5.23. The van der Waals surface area contributed by atoms with Gasteiger partial charge in [-0.1, -0.05) is 6.92 Å². The van der Waals surface area contributed by atoms with Gasteiger partial charge >= 0.3 is 0 Å². The third kappa shape index (κ3) is 1.95. The zero-order chi connectivity index (χ0) is 11.7. The van der Waals surface area contributed by atoms with Crippen LogP contribution in [0.3, 0.4) is 0 Å². The highest BCUT2D eigenvalue weighted by atomic mass is 35.5. The molecule has 1 atom stereocenters. The Morgan fingerprint density at radius 1 is 1.50 bits per heavy atom. The molecular formula is C10H14ClN5. The molecule has 2 heterocycles. The predicted molar refractivity (Wildman–Crippen MR) is 64.7 cm³/mol. The van der Waals surface area contributed by atoms with Gasteiger partial charge < -0.3 is 9.88 Å². The predicted octanol–water partition coefficient (Wildman–Crippen LogP) is 2.23. The number of fused-ring (bicyclic) bond motifs is 1. The Morgan fingerprint density at radius 2 is 2.25 bits per heavy atom. The van der Waals surface area contributed by atoms with E-state index in [4.69, 9.17) is 11.6 Å². The minimum absolute atomic E-state index is 0.219. The average Bonchev–Trinajstić information content (AvgIpc) is 2.60. The molecule has 0 aliphatic carbocycles. The molecule has 0 aliphatic rings. The molecule has 86 valence electrons. The molecule has 1 unspecified atom stereocenters. The van der Waals surface area contributed by atoms with E-state index in [1.165, 1.54) is 0 Å². The number of imidazole rings is 1. The van der Waals surface area contributed by atoms with Crippen molar-refractivity contribution in [1.29, 1.82) is 0 Å². The lowest BCUT2D eigenvalue weighted by Crippen LogP contribution is -2.15. The minimum atomic E-state index is 0.219. The van der Waals surface area contributed by atoms with Crippen LogP contribution in [0.2, 0.25) is 5.28 Å². The zero-order valence-corrected chi connectivity index (χ0v) is 10.3. The number of hydrogen-bond acceptors (Lipinski definition) is 4. The van der Waals surface area contributed by atoms with Crippen molar-refractivity contribution in [2.24, 2.45) is 7.05 Å². The van der Waals surface area contributed by atoms with E-state index in [2.05, 4.69) is 34.1 Å². The van der Waals surface area contributed by atoms with E-state index in [9.17, 15) is 0 Å². The normalized spacial score (nSPS) is 13.0. The summed E-state index contributed by atoms with van der Waals surface area (Å²) in [6, 6.07) is 0.337. The lowest BCUT2D eigenvalue weighted by atomic mass is 10.2. The first kappa shape index (κ1) is 11.1. The first-order valence-corrected chi connectivity index (χ1v) is 5.60. The second-order valence-electron chi connectivity index (χ2n) is 3.82. The largest absolute Gasteiger partial charge is 0.366 e. The van der Waals surface area contributed by atoms with Crippen LogP contribution in [0.5, 0.6) is 0 Å². The van der Waals surface area contributed by atoms with Crippen molar-refractivity contribution in [3.8, 4) is 0 Å². The van der Waals surface area contributed by atoms with Gasteiger partial charge in [0.2, 0.25) is 5.28 Å². The summed E-state index contributed by atoms with van der Waals surface area (Å²) in [5.41, 5.74) is 1.50. The molecule has 0 spiro atoms. The smallest absolute Gasteiger partial charge is 0.226 e. The molecule has 0 amide bonds. The molecule has 5 nitrogen and oxygen atoms in total. The van der Waals surface area contributed by atoms with Crippen LogP contribution in [-0.4, -0.2) is 25.6 Å². The Balaban J connectivity index is 2.53. The van der Waals surface area contributed by atoms with Gasteiger partial charge in [0.05, 0.1) is 6.33 Å². The lowest BCUT2D eigenvalue weighted by Gasteiger charge is -2.13. The van der Waals surface area contributed by atoms with Crippen LogP contribution in [0.25, 0.3) is 11.2 Å². The van der Waals surface area contributed by atoms with Crippen LogP contribution in [0, 0.1) is 0 Å². The monoisotopic (exact) mass is 239 g/mol.